The van der Waals surface area contributed by atoms with Crippen LogP contribution in [0.3, 0.4) is 0 Å². The molecule has 0 saturated carbocycles. The minimum Gasteiger partial charge on any atom is -0.495 e. The van der Waals surface area contributed by atoms with Crippen LogP contribution in [0.5, 0.6) is 5.75 Å². The number of esters is 1. The molecule has 2 aromatic carbocycles. The van der Waals surface area contributed by atoms with Gasteiger partial charge in [-0.15, -0.1) is 0 Å². The van der Waals surface area contributed by atoms with Gasteiger partial charge in [0.2, 0.25) is 0 Å². The summed E-state index contributed by atoms with van der Waals surface area (Å²) in [6, 6.07) is 7.14. The molecule has 0 unspecified atom stereocenters. The smallest absolute Gasteiger partial charge is 0.326 e. The molecule has 12 heteroatoms. The van der Waals surface area contributed by atoms with Gasteiger partial charge in [0.15, 0.2) is 0 Å². The van der Waals surface area contributed by atoms with E-state index in [1.807, 2.05) is 0 Å². The Bertz CT molecular complexity index is 1040. The van der Waals surface area contributed by atoms with Crippen LogP contribution in [-0.4, -0.2) is 39.6 Å². The lowest BCUT2D eigenvalue weighted by atomic mass is 10.2. The Morgan fingerprint density at radius 1 is 1.21 bits per heavy atom. The molecule has 0 aromatic heterocycles. The highest BCUT2D eigenvalue weighted by atomic mass is 35.5. The molecule has 29 heavy (non-hydrogen) atoms. The third kappa shape index (κ3) is 5.08. The van der Waals surface area contributed by atoms with Crippen molar-refractivity contribution < 1.29 is 27.6 Å². The molecule has 0 amide bonds. The number of hydrogen-bond donors (Lipinski definition) is 0. The number of carbonyl (C=O) groups is 1. The standard InChI is InChI=1S/C17H16Cl2N2O7S/c1-3-28-17(22)10-20(14-9-12(21(23)24)5-7-15(14)27-2)29(25,26)16-8-11(18)4-6-13(16)19/h4-9H,3,10H2,1-2H3. The van der Waals surface area contributed by atoms with Gasteiger partial charge in [-0.1, -0.05) is 23.2 Å². The van der Waals surface area contributed by atoms with E-state index in [1.54, 1.807) is 6.92 Å². The topological polar surface area (TPSA) is 116 Å². The molecular weight excluding hydrogens is 447 g/mol. The monoisotopic (exact) mass is 462 g/mol. The first kappa shape index (κ1) is 22.7. The lowest BCUT2D eigenvalue weighted by Gasteiger charge is -2.25. The highest BCUT2D eigenvalue weighted by molar-refractivity contribution is 7.93. The van der Waals surface area contributed by atoms with E-state index in [1.165, 1.54) is 25.3 Å². The molecule has 0 N–H and O–H groups in total. The van der Waals surface area contributed by atoms with Crippen LogP contribution >= 0.6 is 23.2 Å². The summed E-state index contributed by atoms with van der Waals surface area (Å²) < 4.78 is 37.3. The molecule has 0 fully saturated rings. The first-order valence-electron chi connectivity index (χ1n) is 8.07. The van der Waals surface area contributed by atoms with Crippen molar-refractivity contribution in [1.29, 1.82) is 0 Å². The number of nitrogens with zero attached hydrogens (tertiary/aromatic N) is 2. The van der Waals surface area contributed by atoms with Gasteiger partial charge in [0, 0.05) is 17.2 Å². The van der Waals surface area contributed by atoms with Crippen molar-refractivity contribution >= 4 is 50.6 Å². The number of nitro groups is 1. The van der Waals surface area contributed by atoms with Crippen LogP contribution in [-0.2, 0) is 19.6 Å². The Morgan fingerprint density at radius 2 is 1.90 bits per heavy atom. The summed E-state index contributed by atoms with van der Waals surface area (Å²) in [6.45, 7) is 0.797. The predicted octanol–water partition coefficient (Wildman–Crippen LogP) is 3.67. The molecule has 0 bridgehead atoms. The quantitative estimate of drug-likeness (QED) is 0.333. The number of anilines is 1. The number of nitro benzene ring substituents is 1. The van der Waals surface area contributed by atoms with Gasteiger partial charge in [-0.2, -0.15) is 0 Å². The first-order valence-corrected chi connectivity index (χ1v) is 10.3. The van der Waals surface area contributed by atoms with E-state index in [-0.39, 0.29) is 33.0 Å². The van der Waals surface area contributed by atoms with Crippen LogP contribution in [0.25, 0.3) is 0 Å². The van der Waals surface area contributed by atoms with Crippen LogP contribution < -0.4 is 9.04 Å². The summed E-state index contributed by atoms with van der Waals surface area (Å²) in [6.07, 6.45) is 0. The third-order valence-electron chi connectivity index (χ3n) is 3.68. The molecule has 0 aliphatic carbocycles. The van der Waals surface area contributed by atoms with E-state index in [0.29, 0.717) is 4.31 Å². The summed E-state index contributed by atoms with van der Waals surface area (Å²) in [5, 5.41) is 11.1. The number of sulfonamides is 1. The van der Waals surface area contributed by atoms with Crippen molar-refractivity contribution in [2.75, 3.05) is 24.6 Å². The summed E-state index contributed by atoms with van der Waals surface area (Å²) in [5.74, 6) is -0.885. The fourth-order valence-electron chi connectivity index (χ4n) is 2.40. The van der Waals surface area contributed by atoms with E-state index in [9.17, 15) is 23.3 Å². The zero-order valence-electron chi connectivity index (χ0n) is 15.3. The van der Waals surface area contributed by atoms with Gasteiger partial charge in [0.25, 0.3) is 15.7 Å². The zero-order chi connectivity index (χ0) is 21.8. The van der Waals surface area contributed by atoms with E-state index < -0.39 is 33.1 Å². The van der Waals surface area contributed by atoms with E-state index in [4.69, 9.17) is 32.7 Å². The molecule has 9 nitrogen and oxygen atoms in total. The molecule has 2 aromatic rings. The fourth-order valence-corrected chi connectivity index (χ4v) is 4.56. The van der Waals surface area contributed by atoms with Crippen LogP contribution in [0.1, 0.15) is 6.92 Å². The van der Waals surface area contributed by atoms with Crippen molar-refractivity contribution in [2.45, 2.75) is 11.8 Å². The first-order chi connectivity index (χ1) is 13.6. The van der Waals surface area contributed by atoms with Gasteiger partial charge in [0.05, 0.1) is 23.7 Å². The van der Waals surface area contributed by atoms with Gasteiger partial charge in [-0.3, -0.25) is 19.2 Å². The maximum Gasteiger partial charge on any atom is 0.326 e. The Morgan fingerprint density at radius 3 is 2.48 bits per heavy atom. The minimum absolute atomic E-state index is 0.0106. The average molecular weight is 463 g/mol. The van der Waals surface area contributed by atoms with E-state index in [2.05, 4.69) is 0 Å². The highest BCUT2D eigenvalue weighted by Gasteiger charge is 2.33. The lowest BCUT2D eigenvalue weighted by molar-refractivity contribution is -0.384. The Balaban J connectivity index is 2.73. The zero-order valence-corrected chi connectivity index (χ0v) is 17.6. The van der Waals surface area contributed by atoms with Gasteiger partial charge in [-0.05, 0) is 31.2 Å². The third-order valence-corrected chi connectivity index (χ3v) is 6.16. The molecule has 0 heterocycles. The Kier molecular flexibility index (Phi) is 7.28. The summed E-state index contributed by atoms with van der Waals surface area (Å²) in [7, 11) is -3.23. The largest absolute Gasteiger partial charge is 0.495 e. The second kappa shape index (κ2) is 9.29. The number of benzene rings is 2. The number of rotatable bonds is 8. The van der Waals surface area contributed by atoms with Gasteiger partial charge < -0.3 is 9.47 Å². The summed E-state index contributed by atoms with van der Waals surface area (Å²) in [4.78, 5) is 22.2. The molecule has 0 spiro atoms. The van der Waals surface area contributed by atoms with Crippen LogP contribution in [0.4, 0.5) is 11.4 Å². The number of non-ortho nitro benzene ring substituents is 1. The number of hydrogen-bond acceptors (Lipinski definition) is 7. The molecule has 0 saturated heterocycles. The minimum atomic E-state index is -4.48. The molecule has 0 aliphatic rings. The van der Waals surface area contributed by atoms with Crippen LogP contribution in [0, 0.1) is 10.1 Å². The van der Waals surface area contributed by atoms with Gasteiger partial charge >= 0.3 is 5.97 Å². The van der Waals surface area contributed by atoms with Crippen LogP contribution in [0.2, 0.25) is 10.0 Å². The average Bonchev–Trinajstić information content (AvgIpc) is 2.67. The normalized spacial score (nSPS) is 11.0. The molecule has 156 valence electrons. The van der Waals surface area contributed by atoms with Crippen molar-refractivity contribution in [1.82, 2.24) is 0 Å². The molecule has 0 atom stereocenters. The highest BCUT2D eigenvalue weighted by Crippen LogP contribution is 2.37. The van der Waals surface area contributed by atoms with Crippen molar-refractivity contribution in [2.24, 2.45) is 0 Å². The molecular formula is C17H16Cl2N2O7S. The maximum atomic E-state index is 13.3. The van der Waals surface area contributed by atoms with Crippen LogP contribution in [0.15, 0.2) is 41.3 Å². The molecule has 0 radical (unpaired) electrons. The SMILES string of the molecule is CCOC(=O)CN(c1cc([N+](=O)[O-])ccc1OC)S(=O)(=O)c1cc(Cl)ccc1Cl. The molecule has 0 aliphatic heterocycles. The van der Waals surface area contributed by atoms with E-state index in [0.717, 1.165) is 18.2 Å². The predicted molar refractivity (Wildman–Crippen MR) is 107 cm³/mol. The van der Waals surface area contributed by atoms with E-state index >= 15 is 0 Å². The number of methoxy groups -OCH3 is 1. The van der Waals surface area contributed by atoms with Gasteiger partial charge in [0.1, 0.15) is 22.9 Å². The Labute approximate surface area is 176 Å². The van der Waals surface area contributed by atoms with Gasteiger partial charge in [-0.25, -0.2) is 8.42 Å². The fraction of sp³-hybridized carbons (Fsp3) is 0.235. The number of carbonyl (C=O) groups excluding carboxylic acids is 1. The second-order valence-corrected chi connectivity index (χ2v) is 8.18. The summed E-state index contributed by atoms with van der Waals surface area (Å²) >= 11 is 12.0. The maximum absolute atomic E-state index is 13.3. The number of halogens is 2. The number of ether oxygens (including phenoxy) is 2. The van der Waals surface area contributed by atoms with Crippen molar-refractivity contribution in [3.8, 4) is 5.75 Å². The lowest BCUT2D eigenvalue weighted by Crippen LogP contribution is -2.37. The Hall–Kier alpha value is -2.56. The summed E-state index contributed by atoms with van der Waals surface area (Å²) in [5.41, 5.74) is -0.632. The van der Waals surface area contributed by atoms with Crippen molar-refractivity contribution in [3.63, 3.8) is 0 Å². The second-order valence-electron chi connectivity index (χ2n) is 5.50. The molecule has 2 rings (SSSR count). The van der Waals surface area contributed by atoms with Crippen molar-refractivity contribution in [3.05, 3.63) is 56.6 Å².